The molecule has 222 valence electrons. The summed E-state index contributed by atoms with van der Waals surface area (Å²) in [6.45, 7) is 1.01. The van der Waals surface area contributed by atoms with Crippen molar-refractivity contribution < 1.29 is 27.8 Å². The number of nitriles is 1. The normalized spacial score (nSPS) is 13.0. The molecular formula is C33H36F3N3O3. The minimum absolute atomic E-state index is 0.00259. The molecule has 0 spiro atoms. The maximum atomic E-state index is 13.6. The molecule has 0 unspecified atom stereocenters. The second kappa shape index (κ2) is 14.8. The zero-order chi connectivity index (χ0) is 30.0. The van der Waals surface area contributed by atoms with Gasteiger partial charge < -0.3 is 24.5 Å². The molecule has 6 nitrogen and oxygen atoms in total. The number of nitrogens with zero attached hydrogens (tertiary/aromatic N) is 2. The third-order valence-corrected chi connectivity index (χ3v) is 6.99. The number of hydrogen-bond acceptors (Lipinski definition) is 5. The van der Waals surface area contributed by atoms with Crippen LogP contribution < -0.4 is 14.8 Å². The average Bonchev–Trinajstić information content (AvgIpc) is 3.40. The fourth-order valence-electron chi connectivity index (χ4n) is 5.09. The number of benzene rings is 3. The Labute approximate surface area is 244 Å². The Morgan fingerprint density at radius 2 is 1.76 bits per heavy atom. The van der Waals surface area contributed by atoms with Gasteiger partial charge in [0, 0.05) is 36.8 Å². The highest BCUT2D eigenvalue weighted by atomic mass is 19.3. The van der Waals surface area contributed by atoms with E-state index in [1.807, 2.05) is 41.1 Å². The van der Waals surface area contributed by atoms with Gasteiger partial charge in [-0.1, -0.05) is 42.5 Å². The molecule has 0 aliphatic carbocycles. The molecule has 0 bridgehead atoms. The van der Waals surface area contributed by atoms with Crippen LogP contribution in [0.1, 0.15) is 36.5 Å². The Bertz CT molecular complexity index is 1470. The fraction of sp³-hybridized carbons (Fsp3) is 0.364. The molecule has 42 heavy (non-hydrogen) atoms. The van der Waals surface area contributed by atoms with Crippen LogP contribution >= 0.6 is 0 Å². The molecule has 0 saturated heterocycles. The molecule has 0 saturated carbocycles. The van der Waals surface area contributed by atoms with Gasteiger partial charge in [0.2, 0.25) is 0 Å². The number of fused-ring (bicyclic) bond motifs is 1. The lowest BCUT2D eigenvalue weighted by Crippen LogP contribution is -2.42. The number of halogens is 3. The van der Waals surface area contributed by atoms with Crippen molar-refractivity contribution in [3.05, 3.63) is 95.7 Å². The quantitative estimate of drug-likeness (QED) is 0.160. The van der Waals surface area contributed by atoms with Crippen LogP contribution in [0.25, 0.3) is 10.9 Å². The number of aliphatic hydroxyl groups excluding tert-OH is 1. The maximum Gasteiger partial charge on any atom is 0.427 e. The number of para-hydroxylation sites is 2. The fourth-order valence-corrected chi connectivity index (χ4v) is 5.09. The van der Waals surface area contributed by atoms with Gasteiger partial charge in [0.25, 0.3) is 0 Å². The highest BCUT2D eigenvalue weighted by Crippen LogP contribution is 2.32. The van der Waals surface area contributed by atoms with Crippen molar-refractivity contribution in [3.63, 3.8) is 0 Å². The molecule has 4 aromatic rings. The number of aromatic nitrogens is 1. The molecule has 0 amide bonds. The van der Waals surface area contributed by atoms with Crippen molar-refractivity contribution in [2.24, 2.45) is 0 Å². The van der Waals surface area contributed by atoms with Crippen LogP contribution in [0.4, 0.5) is 13.2 Å². The van der Waals surface area contributed by atoms with Crippen molar-refractivity contribution in [1.29, 1.82) is 5.26 Å². The van der Waals surface area contributed by atoms with Gasteiger partial charge in [-0.3, -0.25) is 0 Å². The Hall–Kier alpha value is -4.00. The van der Waals surface area contributed by atoms with Crippen LogP contribution in [0.2, 0.25) is 0 Å². The molecule has 4 rings (SSSR count). The Morgan fingerprint density at radius 3 is 2.48 bits per heavy atom. The highest BCUT2D eigenvalue weighted by Gasteiger charge is 2.33. The number of hydrogen-bond donors (Lipinski definition) is 2. The topological polar surface area (TPSA) is 79.4 Å². The number of nitrogens with one attached hydrogen (secondary N) is 1. The molecule has 0 fully saturated rings. The summed E-state index contributed by atoms with van der Waals surface area (Å²) >= 11 is 0. The van der Waals surface area contributed by atoms with Crippen LogP contribution in [0.3, 0.4) is 0 Å². The number of ether oxygens (including phenoxy) is 2. The molecule has 0 aliphatic heterocycles. The van der Waals surface area contributed by atoms with Crippen molar-refractivity contribution in [1.82, 2.24) is 9.88 Å². The van der Waals surface area contributed by atoms with Crippen LogP contribution in [0.5, 0.6) is 11.5 Å². The van der Waals surface area contributed by atoms with Gasteiger partial charge in [0.1, 0.15) is 12.7 Å². The molecule has 9 heteroatoms. The molecule has 1 heterocycles. The van der Waals surface area contributed by atoms with E-state index in [-0.39, 0.29) is 36.8 Å². The second-order valence-corrected chi connectivity index (χ2v) is 10.4. The lowest BCUT2D eigenvalue weighted by molar-refractivity contribution is -0.187. The van der Waals surface area contributed by atoms with Crippen molar-refractivity contribution in [2.45, 2.75) is 57.3 Å². The van der Waals surface area contributed by atoms with E-state index in [0.29, 0.717) is 31.4 Å². The van der Waals surface area contributed by atoms with E-state index in [1.54, 1.807) is 6.07 Å². The predicted molar refractivity (Wildman–Crippen MR) is 157 cm³/mol. The number of aryl methyl sites for hydroxylation is 2. The van der Waals surface area contributed by atoms with Crippen LogP contribution in [0.15, 0.2) is 79.0 Å². The smallest absolute Gasteiger partial charge is 0.427 e. The largest absolute Gasteiger partial charge is 0.488 e. The van der Waals surface area contributed by atoms with E-state index in [1.165, 1.54) is 18.2 Å². The first kappa shape index (κ1) is 30.9. The molecule has 1 aromatic heterocycles. The summed E-state index contributed by atoms with van der Waals surface area (Å²) < 4.78 is 52.5. The van der Waals surface area contributed by atoms with Gasteiger partial charge in [-0.2, -0.15) is 14.0 Å². The van der Waals surface area contributed by atoms with E-state index in [9.17, 15) is 23.5 Å². The third-order valence-electron chi connectivity index (χ3n) is 6.99. The lowest BCUT2D eigenvalue weighted by Gasteiger charge is -2.25. The molecule has 0 aliphatic rings. The molecule has 0 radical (unpaired) electrons. The van der Waals surface area contributed by atoms with Crippen LogP contribution in [0, 0.1) is 11.3 Å². The molecule has 2 atom stereocenters. The summed E-state index contributed by atoms with van der Waals surface area (Å²) in [5.74, 6) is -0.113. The lowest BCUT2D eigenvalue weighted by atomic mass is 10.00. The van der Waals surface area contributed by atoms with Crippen LogP contribution in [-0.4, -0.2) is 47.8 Å². The van der Waals surface area contributed by atoms with Crippen molar-refractivity contribution in [2.75, 3.05) is 19.9 Å². The van der Waals surface area contributed by atoms with Gasteiger partial charge in [-0.05, 0) is 74.1 Å². The maximum absolute atomic E-state index is 13.6. The zero-order valence-electron chi connectivity index (χ0n) is 23.6. The van der Waals surface area contributed by atoms with E-state index < -0.39 is 12.8 Å². The van der Waals surface area contributed by atoms with Gasteiger partial charge >= 0.3 is 6.11 Å². The Kier molecular flexibility index (Phi) is 10.9. The second-order valence-electron chi connectivity index (χ2n) is 10.4. The Balaban J connectivity index is 1.47. The molecule has 3 aromatic carbocycles. The third kappa shape index (κ3) is 8.51. The first-order chi connectivity index (χ1) is 20.3. The van der Waals surface area contributed by atoms with Crippen molar-refractivity contribution in [3.8, 4) is 17.6 Å². The Morgan fingerprint density at radius 1 is 1.02 bits per heavy atom. The molecular weight excluding hydrogens is 543 g/mol. The van der Waals surface area contributed by atoms with E-state index in [4.69, 9.17) is 4.74 Å². The first-order valence-electron chi connectivity index (χ1n) is 14.1. The van der Waals surface area contributed by atoms with Crippen molar-refractivity contribution >= 4 is 10.9 Å². The predicted octanol–water partition coefficient (Wildman–Crippen LogP) is 6.44. The van der Waals surface area contributed by atoms with Crippen LogP contribution in [-0.2, 0) is 19.4 Å². The van der Waals surface area contributed by atoms with E-state index in [0.717, 1.165) is 28.5 Å². The first-order valence-corrected chi connectivity index (χ1v) is 14.1. The van der Waals surface area contributed by atoms with E-state index in [2.05, 4.69) is 41.2 Å². The highest BCUT2D eigenvalue weighted by molar-refractivity contribution is 5.86. The van der Waals surface area contributed by atoms with Gasteiger partial charge in [-0.15, -0.1) is 0 Å². The summed E-state index contributed by atoms with van der Waals surface area (Å²) in [4.78, 5) is 0. The average molecular weight is 580 g/mol. The molecule has 2 N–H and O–H groups in total. The monoisotopic (exact) mass is 579 g/mol. The minimum Gasteiger partial charge on any atom is -0.488 e. The standard InChI is InChI=1S/C33H36F3N3O3/c1-24(18-26-19-27-14-16-39(15-7-17-40)32(27)28(20-26)21-37)38-29(13-12-25-8-3-2-4-9-25)22-41-30-10-5-6-11-31(30)42-33(35,36)23-34/h2-6,8-11,14,16,19-20,24,29,38,40H,7,12-13,15,17-18,22-23H2,1H3/t24-,29-/m1/s1. The summed E-state index contributed by atoms with van der Waals surface area (Å²) in [7, 11) is 0. The van der Waals surface area contributed by atoms with Gasteiger partial charge in [-0.25, -0.2) is 4.39 Å². The summed E-state index contributed by atoms with van der Waals surface area (Å²) in [6.07, 6.45) is 0.749. The minimum atomic E-state index is -3.94. The number of rotatable bonds is 16. The van der Waals surface area contributed by atoms with E-state index >= 15 is 0 Å². The summed E-state index contributed by atoms with van der Waals surface area (Å²) in [5, 5.41) is 23.6. The summed E-state index contributed by atoms with van der Waals surface area (Å²) in [5.41, 5.74) is 3.62. The summed E-state index contributed by atoms with van der Waals surface area (Å²) in [6, 6.07) is 24.2. The SMILES string of the molecule is C[C@H](Cc1cc(C#N)c2c(ccn2CCCO)c1)N[C@H](CCc1ccccc1)COc1ccccc1OC(F)(F)CF. The van der Waals surface area contributed by atoms with Gasteiger partial charge in [0.15, 0.2) is 18.2 Å². The zero-order valence-corrected chi connectivity index (χ0v) is 23.6. The number of aliphatic hydroxyl groups is 1. The van der Waals surface area contributed by atoms with Gasteiger partial charge in [0.05, 0.1) is 11.1 Å². The number of alkyl halides is 3.